The van der Waals surface area contributed by atoms with Crippen molar-refractivity contribution in [3.05, 3.63) is 101 Å². The Morgan fingerprint density at radius 3 is 2.58 bits per heavy atom. The van der Waals surface area contributed by atoms with Gasteiger partial charge in [0.1, 0.15) is 17.3 Å². The van der Waals surface area contributed by atoms with E-state index in [2.05, 4.69) is 4.98 Å². The van der Waals surface area contributed by atoms with Crippen molar-refractivity contribution in [2.75, 3.05) is 7.11 Å². The Kier molecular flexibility index (Phi) is 5.49. The van der Waals surface area contributed by atoms with Gasteiger partial charge in [-0.15, -0.1) is 0 Å². The van der Waals surface area contributed by atoms with Gasteiger partial charge in [0.25, 0.3) is 11.7 Å². The maximum Gasteiger partial charge on any atom is 0.295 e. The van der Waals surface area contributed by atoms with Gasteiger partial charge in [0.2, 0.25) is 0 Å². The van der Waals surface area contributed by atoms with Crippen LogP contribution in [0.1, 0.15) is 22.7 Å². The Labute approximate surface area is 178 Å². The van der Waals surface area contributed by atoms with Crippen LogP contribution in [0.25, 0.3) is 5.76 Å². The quantitative estimate of drug-likeness (QED) is 0.387. The van der Waals surface area contributed by atoms with Crippen molar-refractivity contribution < 1.29 is 23.8 Å². The molecule has 2 heterocycles. The molecule has 1 fully saturated rings. The number of carbonyl (C=O) groups excluding carboxylic acids is 2. The second kappa shape index (κ2) is 8.39. The maximum atomic E-state index is 13.3. The molecule has 4 rings (SSSR count). The lowest BCUT2D eigenvalue weighted by atomic mass is 9.95. The number of halogens is 1. The summed E-state index contributed by atoms with van der Waals surface area (Å²) in [5.41, 5.74) is 1.52. The number of Topliss-reactive ketones (excluding diaryl/α,β-unsaturated/α-hetero) is 1. The molecule has 156 valence electrons. The topological polar surface area (TPSA) is 79.7 Å². The molecule has 1 atom stereocenters. The zero-order valence-electron chi connectivity index (χ0n) is 16.7. The Morgan fingerprint density at radius 2 is 1.90 bits per heavy atom. The third-order valence-electron chi connectivity index (χ3n) is 5.14. The second-order valence-corrected chi connectivity index (χ2v) is 7.07. The van der Waals surface area contributed by atoms with Crippen molar-refractivity contribution in [3.63, 3.8) is 0 Å². The van der Waals surface area contributed by atoms with Crippen LogP contribution in [-0.4, -0.2) is 33.8 Å². The number of ketones is 1. The number of aliphatic hydroxyl groups is 1. The van der Waals surface area contributed by atoms with Gasteiger partial charge in [0.05, 0.1) is 18.7 Å². The summed E-state index contributed by atoms with van der Waals surface area (Å²) in [4.78, 5) is 31.4. The molecule has 31 heavy (non-hydrogen) atoms. The smallest absolute Gasteiger partial charge is 0.295 e. The first-order valence-electron chi connectivity index (χ1n) is 9.57. The minimum Gasteiger partial charge on any atom is -0.507 e. The number of nitrogens with zero attached hydrogens (tertiary/aromatic N) is 2. The predicted octanol–water partition coefficient (Wildman–Crippen LogP) is 3.85. The van der Waals surface area contributed by atoms with E-state index in [0.29, 0.717) is 11.3 Å². The molecule has 0 saturated carbocycles. The van der Waals surface area contributed by atoms with E-state index in [4.69, 9.17) is 4.74 Å². The van der Waals surface area contributed by atoms with E-state index in [1.165, 1.54) is 36.3 Å². The number of ether oxygens (including phenoxy) is 1. The van der Waals surface area contributed by atoms with E-state index < -0.39 is 23.5 Å². The number of likely N-dealkylation sites (tertiary alicyclic amines) is 1. The van der Waals surface area contributed by atoms with Gasteiger partial charge in [-0.05, 0) is 53.6 Å². The van der Waals surface area contributed by atoms with Crippen LogP contribution >= 0.6 is 0 Å². The molecule has 1 aliphatic rings. The summed E-state index contributed by atoms with van der Waals surface area (Å²) in [7, 11) is 1.52. The highest BCUT2D eigenvalue weighted by Gasteiger charge is 2.46. The summed E-state index contributed by atoms with van der Waals surface area (Å²) in [6.45, 7) is 0.125. The van der Waals surface area contributed by atoms with Crippen LogP contribution in [0.15, 0.2) is 78.6 Å². The molecule has 1 aromatic heterocycles. The Bertz CT molecular complexity index is 1160. The highest BCUT2D eigenvalue weighted by Crippen LogP contribution is 2.41. The molecule has 1 aliphatic heterocycles. The molecule has 0 spiro atoms. The fourth-order valence-electron chi connectivity index (χ4n) is 3.65. The van der Waals surface area contributed by atoms with Crippen molar-refractivity contribution in [1.82, 2.24) is 9.88 Å². The van der Waals surface area contributed by atoms with Crippen LogP contribution in [0.5, 0.6) is 5.75 Å². The summed E-state index contributed by atoms with van der Waals surface area (Å²) >= 11 is 0. The van der Waals surface area contributed by atoms with E-state index in [0.717, 1.165) is 5.56 Å². The highest BCUT2D eigenvalue weighted by molar-refractivity contribution is 6.46. The highest BCUT2D eigenvalue weighted by atomic mass is 19.1. The van der Waals surface area contributed by atoms with Crippen LogP contribution in [0.3, 0.4) is 0 Å². The summed E-state index contributed by atoms with van der Waals surface area (Å²) in [6, 6.07) is 14.7. The van der Waals surface area contributed by atoms with Crippen LogP contribution in [0.4, 0.5) is 4.39 Å². The zero-order chi connectivity index (χ0) is 22.0. The molecular formula is C24H19FN2O4. The van der Waals surface area contributed by atoms with Crippen LogP contribution in [-0.2, 0) is 16.1 Å². The van der Waals surface area contributed by atoms with Gasteiger partial charge in [-0.3, -0.25) is 14.6 Å². The molecule has 1 unspecified atom stereocenters. The predicted molar refractivity (Wildman–Crippen MR) is 111 cm³/mol. The molecule has 7 heteroatoms. The average molecular weight is 418 g/mol. The number of hydrogen-bond donors (Lipinski definition) is 1. The SMILES string of the molecule is COc1cccc(C2C(=C(O)c3ccc(F)cc3)C(=O)C(=O)N2Cc2cccnc2)c1. The first-order chi connectivity index (χ1) is 15.0. The third kappa shape index (κ3) is 3.90. The van der Waals surface area contributed by atoms with E-state index in [-0.39, 0.29) is 23.4 Å². The minimum absolute atomic E-state index is 0.0613. The van der Waals surface area contributed by atoms with Gasteiger partial charge in [-0.2, -0.15) is 0 Å². The molecule has 0 bridgehead atoms. The van der Waals surface area contributed by atoms with Crippen LogP contribution < -0.4 is 4.74 Å². The van der Waals surface area contributed by atoms with Crippen molar-refractivity contribution in [3.8, 4) is 5.75 Å². The van der Waals surface area contributed by atoms with Crippen molar-refractivity contribution in [1.29, 1.82) is 0 Å². The number of amides is 1. The standard InChI is InChI=1S/C24H19FN2O4/c1-31-19-6-2-5-17(12-19)21-20(22(28)16-7-9-18(25)10-8-16)23(29)24(30)27(21)14-15-4-3-11-26-13-15/h2-13,21,28H,14H2,1H3. The molecule has 2 aromatic carbocycles. The fraction of sp³-hybridized carbons (Fsp3) is 0.125. The Balaban J connectivity index is 1.87. The van der Waals surface area contributed by atoms with E-state index >= 15 is 0 Å². The third-order valence-corrected chi connectivity index (χ3v) is 5.14. The largest absolute Gasteiger partial charge is 0.507 e. The Hall–Kier alpha value is -4.00. The van der Waals surface area contributed by atoms with Gasteiger partial charge in [-0.1, -0.05) is 18.2 Å². The number of carbonyl (C=O) groups is 2. The van der Waals surface area contributed by atoms with Crippen molar-refractivity contribution in [2.24, 2.45) is 0 Å². The average Bonchev–Trinajstić information content (AvgIpc) is 3.05. The normalized spacial score (nSPS) is 17.7. The number of pyridine rings is 1. The number of hydrogen-bond acceptors (Lipinski definition) is 5. The molecule has 1 amide bonds. The maximum absolute atomic E-state index is 13.3. The molecule has 6 nitrogen and oxygen atoms in total. The second-order valence-electron chi connectivity index (χ2n) is 7.07. The lowest BCUT2D eigenvalue weighted by Crippen LogP contribution is -2.29. The van der Waals surface area contributed by atoms with Crippen molar-refractivity contribution in [2.45, 2.75) is 12.6 Å². The van der Waals surface area contributed by atoms with E-state index in [1.807, 2.05) is 0 Å². The van der Waals surface area contributed by atoms with Gasteiger partial charge in [0.15, 0.2) is 0 Å². The van der Waals surface area contributed by atoms with Crippen LogP contribution in [0.2, 0.25) is 0 Å². The van der Waals surface area contributed by atoms with Crippen molar-refractivity contribution >= 4 is 17.4 Å². The lowest BCUT2D eigenvalue weighted by molar-refractivity contribution is -0.140. The number of aliphatic hydroxyl groups excluding tert-OH is 1. The molecule has 3 aromatic rings. The van der Waals surface area contributed by atoms with Gasteiger partial charge < -0.3 is 14.7 Å². The lowest BCUT2D eigenvalue weighted by Gasteiger charge is -2.25. The summed E-state index contributed by atoms with van der Waals surface area (Å²) in [5.74, 6) is -1.83. The summed E-state index contributed by atoms with van der Waals surface area (Å²) < 4.78 is 18.6. The zero-order valence-corrected chi connectivity index (χ0v) is 16.7. The summed E-state index contributed by atoms with van der Waals surface area (Å²) in [6.07, 6.45) is 3.23. The molecule has 0 radical (unpaired) electrons. The van der Waals surface area contributed by atoms with Crippen LogP contribution in [0, 0.1) is 5.82 Å². The number of methoxy groups -OCH3 is 1. The van der Waals surface area contributed by atoms with Gasteiger partial charge in [-0.25, -0.2) is 4.39 Å². The molecule has 0 aliphatic carbocycles. The molecular weight excluding hydrogens is 399 g/mol. The molecule has 1 N–H and O–H groups in total. The summed E-state index contributed by atoms with van der Waals surface area (Å²) in [5, 5.41) is 11.0. The number of rotatable bonds is 5. The monoisotopic (exact) mass is 418 g/mol. The fourth-order valence-corrected chi connectivity index (χ4v) is 3.65. The first kappa shape index (κ1) is 20.3. The van der Waals surface area contributed by atoms with E-state index in [1.54, 1.807) is 48.8 Å². The Morgan fingerprint density at radius 1 is 1.13 bits per heavy atom. The first-order valence-corrected chi connectivity index (χ1v) is 9.57. The van der Waals surface area contributed by atoms with Gasteiger partial charge in [0, 0.05) is 24.5 Å². The number of aromatic nitrogens is 1. The van der Waals surface area contributed by atoms with Gasteiger partial charge >= 0.3 is 0 Å². The minimum atomic E-state index is -0.847. The molecule has 1 saturated heterocycles. The van der Waals surface area contributed by atoms with E-state index in [9.17, 15) is 19.1 Å². The number of benzene rings is 2.